The third kappa shape index (κ3) is 2.17. The first-order chi connectivity index (χ1) is 15.6. The van der Waals surface area contributed by atoms with E-state index in [1.807, 2.05) is 0 Å². The molecule has 0 amide bonds. The quantitative estimate of drug-likeness (QED) is 0.193. The Kier molecular flexibility index (Phi) is 3.57. The van der Waals surface area contributed by atoms with Gasteiger partial charge in [0.25, 0.3) is 0 Å². The minimum Gasteiger partial charge on any atom is -0.0616 e. The second-order valence-corrected chi connectivity index (χ2v) is 10.4. The van der Waals surface area contributed by atoms with Crippen LogP contribution in [0, 0.1) is 0 Å². The van der Waals surface area contributed by atoms with Gasteiger partial charge < -0.3 is 0 Å². The van der Waals surface area contributed by atoms with Gasteiger partial charge in [-0.2, -0.15) is 0 Å². The number of benzene rings is 6. The zero-order chi connectivity index (χ0) is 21.6. The van der Waals surface area contributed by atoms with Crippen molar-refractivity contribution in [2.75, 3.05) is 0 Å². The van der Waals surface area contributed by atoms with E-state index < -0.39 is 0 Å². The molecule has 0 bridgehead atoms. The van der Waals surface area contributed by atoms with Gasteiger partial charge in [-0.05, 0) is 77.5 Å². The Morgan fingerprint density at radius 2 is 1.06 bits per heavy atom. The van der Waals surface area contributed by atoms with Crippen molar-refractivity contribution in [3.8, 4) is 11.1 Å². The summed E-state index contributed by atoms with van der Waals surface area (Å²) in [5, 5.41) is 10.8. The predicted octanol–water partition coefficient (Wildman–Crippen LogP) is 9.37. The van der Waals surface area contributed by atoms with Crippen molar-refractivity contribution in [1.82, 2.24) is 0 Å². The van der Waals surface area contributed by atoms with Gasteiger partial charge in [0.2, 0.25) is 0 Å². The summed E-state index contributed by atoms with van der Waals surface area (Å²) in [6.07, 6.45) is 0. The van der Waals surface area contributed by atoms with E-state index in [2.05, 4.69) is 121 Å². The summed E-state index contributed by atoms with van der Waals surface area (Å²) in [6, 6.07) is 33.6. The Morgan fingerprint density at radius 1 is 0.562 bits per heavy atom. The fourth-order valence-electron chi connectivity index (χ4n) is 6.15. The summed E-state index contributed by atoms with van der Waals surface area (Å²) in [5.74, 6) is 0. The Bertz CT molecular complexity index is 1750. The first-order valence-electron chi connectivity index (χ1n) is 11.2. The number of fused-ring (bicyclic) bond motifs is 13. The van der Waals surface area contributed by atoms with Gasteiger partial charge >= 0.3 is 0 Å². The largest absolute Gasteiger partial charge is 0.0616 e. The molecule has 6 aromatic rings. The molecule has 0 heterocycles. The molecular formula is C31H21Br. The molecule has 0 fully saturated rings. The van der Waals surface area contributed by atoms with Crippen LogP contribution in [0.2, 0.25) is 0 Å². The predicted molar refractivity (Wildman–Crippen MR) is 142 cm³/mol. The van der Waals surface area contributed by atoms with Crippen LogP contribution >= 0.6 is 15.9 Å². The van der Waals surface area contributed by atoms with Gasteiger partial charge in [-0.3, -0.25) is 0 Å². The molecule has 0 atom stereocenters. The summed E-state index contributed by atoms with van der Waals surface area (Å²) < 4.78 is 1.14. The molecule has 0 saturated carbocycles. The highest BCUT2D eigenvalue weighted by Gasteiger charge is 2.39. The van der Waals surface area contributed by atoms with Crippen LogP contribution in [0.4, 0.5) is 0 Å². The van der Waals surface area contributed by atoms with Crippen molar-refractivity contribution in [2.45, 2.75) is 19.3 Å². The van der Waals surface area contributed by atoms with Crippen LogP contribution in [0.15, 0.2) is 95.5 Å². The first-order valence-corrected chi connectivity index (χ1v) is 12.0. The average molecular weight is 473 g/mol. The Balaban J connectivity index is 1.89. The van der Waals surface area contributed by atoms with Crippen molar-refractivity contribution in [1.29, 1.82) is 0 Å². The van der Waals surface area contributed by atoms with Crippen LogP contribution in [0.3, 0.4) is 0 Å². The maximum atomic E-state index is 3.73. The molecule has 0 N–H and O–H groups in total. The molecule has 0 spiro atoms. The van der Waals surface area contributed by atoms with Gasteiger partial charge in [0, 0.05) is 9.89 Å². The van der Waals surface area contributed by atoms with Gasteiger partial charge in [0.1, 0.15) is 0 Å². The van der Waals surface area contributed by atoms with Crippen molar-refractivity contribution in [2.24, 2.45) is 0 Å². The number of hydrogen-bond donors (Lipinski definition) is 0. The lowest BCUT2D eigenvalue weighted by Gasteiger charge is -2.26. The lowest BCUT2D eigenvalue weighted by Crippen LogP contribution is -2.16. The molecule has 6 aromatic carbocycles. The van der Waals surface area contributed by atoms with Gasteiger partial charge in [-0.1, -0.05) is 109 Å². The average Bonchev–Trinajstić information content (AvgIpc) is 3.05. The smallest absolute Gasteiger partial charge is 0.0178 e. The highest BCUT2D eigenvalue weighted by Crippen LogP contribution is 2.57. The van der Waals surface area contributed by atoms with Crippen LogP contribution in [-0.2, 0) is 5.41 Å². The monoisotopic (exact) mass is 472 g/mol. The minimum atomic E-state index is -0.0953. The summed E-state index contributed by atoms with van der Waals surface area (Å²) in [6.45, 7) is 4.78. The summed E-state index contributed by atoms with van der Waals surface area (Å²) >= 11 is 3.73. The maximum Gasteiger partial charge on any atom is 0.0178 e. The van der Waals surface area contributed by atoms with E-state index in [0.29, 0.717) is 0 Å². The molecule has 7 rings (SSSR count). The van der Waals surface area contributed by atoms with Crippen molar-refractivity contribution < 1.29 is 0 Å². The van der Waals surface area contributed by atoms with E-state index in [4.69, 9.17) is 0 Å². The fraction of sp³-hybridized carbons (Fsp3) is 0.0968. The van der Waals surface area contributed by atoms with Crippen LogP contribution < -0.4 is 0 Å². The molecule has 0 radical (unpaired) electrons. The molecule has 0 nitrogen and oxygen atoms in total. The number of rotatable bonds is 0. The summed E-state index contributed by atoms with van der Waals surface area (Å²) in [4.78, 5) is 0. The van der Waals surface area contributed by atoms with Crippen LogP contribution in [0.5, 0.6) is 0 Å². The minimum absolute atomic E-state index is 0.0953. The summed E-state index contributed by atoms with van der Waals surface area (Å²) in [7, 11) is 0. The molecule has 0 unspecified atom stereocenters. The van der Waals surface area contributed by atoms with Crippen LogP contribution in [0.25, 0.3) is 54.2 Å². The van der Waals surface area contributed by atoms with Crippen molar-refractivity contribution >= 4 is 59.0 Å². The van der Waals surface area contributed by atoms with Gasteiger partial charge in [-0.25, -0.2) is 0 Å². The van der Waals surface area contributed by atoms with Crippen molar-refractivity contribution in [3.05, 3.63) is 107 Å². The van der Waals surface area contributed by atoms with E-state index in [1.54, 1.807) is 0 Å². The number of hydrogen-bond acceptors (Lipinski definition) is 0. The van der Waals surface area contributed by atoms with Crippen LogP contribution in [0.1, 0.15) is 25.0 Å². The number of halogens is 1. The molecule has 32 heavy (non-hydrogen) atoms. The van der Waals surface area contributed by atoms with Gasteiger partial charge in [0.05, 0.1) is 0 Å². The third-order valence-electron chi connectivity index (χ3n) is 7.45. The fourth-order valence-corrected chi connectivity index (χ4v) is 6.51. The maximum absolute atomic E-state index is 3.73. The molecule has 152 valence electrons. The standard InChI is InChI=1S/C31H21Br/c1-31(2)26-17-18(32)15-16-25(26)28-24-14-8-7-13-23(24)27-21-11-5-3-9-19(21)20-10-4-6-12-22(20)29(27)30(28)31/h3-17H,1-2H3. The molecule has 0 aliphatic heterocycles. The SMILES string of the molecule is CC1(C)c2cc(Br)ccc2-c2c1c1c3ccccc3c3ccccc3c1c1ccccc21. The Labute approximate surface area is 195 Å². The molecule has 1 heteroatoms. The van der Waals surface area contributed by atoms with E-state index >= 15 is 0 Å². The third-order valence-corrected chi connectivity index (χ3v) is 7.94. The molecule has 0 aromatic heterocycles. The normalized spacial score (nSPS) is 14.3. The second kappa shape index (κ2) is 6.21. The van der Waals surface area contributed by atoms with E-state index in [0.717, 1.165) is 4.47 Å². The topological polar surface area (TPSA) is 0 Å². The van der Waals surface area contributed by atoms with Gasteiger partial charge in [-0.15, -0.1) is 0 Å². The first kappa shape index (κ1) is 18.4. The lowest BCUT2D eigenvalue weighted by molar-refractivity contribution is 0.666. The molecule has 1 aliphatic carbocycles. The zero-order valence-electron chi connectivity index (χ0n) is 18.0. The highest BCUT2D eigenvalue weighted by atomic mass is 79.9. The summed E-state index contributed by atoms with van der Waals surface area (Å²) in [5.41, 5.74) is 5.53. The van der Waals surface area contributed by atoms with E-state index in [1.165, 1.54) is 65.3 Å². The zero-order valence-corrected chi connectivity index (χ0v) is 19.6. The van der Waals surface area contributed by atoms with Gasteiger partial charge in [0.15, 0.2) is 0 Å². The molecule has 0 saturated heterocycles. The van der Waals surface area contributed by atoms with E-state index in [9.17, 15) is 0 Å². The Hall–Kier alpha value is -3.16. The molecular weight excluding hydrogens is 452 g/mol. The lowest BCUT2D eigenvalue weighted by atomic mass is 9.77. The van der Waals surface area contributed by atoms with Crippen molar-refractivity contribution in [3.63, 3.8) is 0 Å². The highest BCUT2D eigenvalue weighted by molar-refractivity contribution is 9.10. The van der Waals surface area contributed by atoms with E-state index in [-0.39, 0.29) is 5.41 Å². The Morgan fingerprint density at radius 3 is 1.69 bits per heavy atom. The van der Waals surface area contributed by atoms with Crippen LogP contribution in [-0.4, -0.2) is 0 Å². The molecule has 1 aliphatic rings. The second-order valence-electron chi connectivity index (χ2n) is 9.45.